The van der Waals surface area contributed by atoms with Crippen molar-refractivity contribution in [2.24, 2.45) is 5.73 Å². The van der Waals surface area contributed by atoms with E-state index < -0.39 is 0 Å². The molecule has 0 saturated carbocycles. The Kier molecular flexibility index (Phi) is 5.27. The predicted molar refractivity (Wildman–Crippen MR) is 80.3 cm³/mol. The Bertz CT molecular complexity index is 481. The number of likely N-dealkylation sites (N-methyl/N-ethyl adjacent to an activating group) is 1. The molecule has 0 aliphatic carbocycles. The van der Waals surface area contributed by atoms with Crippen LogP contribution in [-0.2, 0) is 4.74 Å². The Balaban J connectivity index is 2.51. The lowest BCUT2D eigenvalue weighted by Crippen LogP contribution is -2.46. The highest BCUT2D eigenvalue weighted by atomic mass is 16.5. The summed E-state index contributed by atoms with van der Waals surface area (Å²) in [6, 6.07) is 3.89. The summed E-state index contributed by atoms with van der Waals surface area (Å²) < 4.78 is 22.2. The third kappa shape index (κ3) is 2.92. The van der Waals surface area contributed by atoms with Gasteiger partial charge in [0.25, 0.3) is 0 Å². The Morgan fingerprint density at radius 2 is 1.90 bits per heavy atom. The number of nitrogens with zero attached hydrogens (tertiary/aromatic N) is 1. The van der Waals surface area contributed by atoms with E-state index in [2.05, 4.69) is 11.9 Å². The van der Waals surface area contributed by atoms with Crippen molar-refractivity contribution in [3.63, 3.8) is 0 Å². The summed E-state index contributed by atoms with van der Waals surface area (Å²) in [5.41, 5.74) is 6.86. The summed E-state index contributed by atoms with van der Waals surface area (Å²) in [6.45, 7) is 1.98. The second-order valence-electron chi connectivity index (χ2n) is 4.99. The first kappa shape index (κ1) is 15.9. The lowest BCUT2D eigenvalue weighted by molar-refractivity contribution is -0.0583. The number of nitrogens with two attached hydrogens (primary N) is 1. The maximum absolute atomic E-state index is 5.86. The van der Waals surface area contributed by atoms with Gasteiger partial charge in [-0.05, 0) is 19.2 Å². The highest BCUT2D eigenvalue weighted by Gasteiger charge is 2.34. The van der Waals surface area contributed by atoms with E-state index in [1.165, 1.54) is 0 Å². The van der Waals surface area contributed by atoms with Crippen LogP contribution in [0.1, 0.15) is 11.6 Å². The van der Waals surface area contributed by atoms with Gasteiger partial charge in [-0.2, -0.15) is 0 Å². The van der Waals surface area contributed by atoms with Crippen molar-refractivity contribution in [3.8, 4) is 17.2 Å². The number of ether oxygens (including phenoxy) is 4. The molecule has 118 valence electrons. The smallest absolute Gasteiger partial charge is 0.203 e. The van der Waals surface area contributed by atoms with Crippen molar-refractivity contribution in [1.82, 2.24) is 4.90 Å². The maximum atomic E-state index is 5.86. The number of methoxy groups -OCH3 is 3. The van der Waals surface area contributed by atoms with Gasteiger partial charge < -0.3 is 24.7 Å². The minimum absolute atomic E-state index is 0.0264. The van der Waals surface area contributed by atoms with E-state index in [0.29, 0.717) is 30.4 Å². The first-order valence-corrected chi connectivity index (χ1v) is 6.98. The Labute approximate surface area is 125 Å². The fourth-order valence-electron chi connectivity index (χ4n) is 2.85. The minimum atomic E-state index is -0.0734. The van der Waals surface area contributed by atoms with Crippen molar-refractivity contribution < 1.29 is 18.9 Å². The van der Waals surface area contributed by atoms with Crippen LogP contribution in [0.4, 0.5) is 0 Å². The van der Waals surface area contributed by atoms with Crippen molar-refractivity contribution in [3.05, 3.63) is 17.7 Å². The first-order chi connectivity index (χ1) is 10.2. The van der Waals surface area contributed by atoms with Crippen LogP contribution in [0.5, 0.6) is 17.2 Å². The number of hydrogen-bond acceptors (Lipinski definition) is 6. The van der Waals surface area contributed by atoms with Gasteiger partial charge >= 0.3 is 0 Å². The molecule has 21 heavy (non-hydrogen) atoms. The van der Waals surface area contributed by atoms with Gasteiger partial charge in [-0.15, -0.1) is 0 Å². The van der Waals surface area contributed by atoms with E-state index in [1.807, 2.05) is 12.1 Å². The molecule has 2 rings (SSSR count). The zero-order valence-corrected chi connectivity index (χ0v) is 13.1. The molecular formula is C15H24N2O4. The van der Waals surface area contributed by atoms with Crippen LogP contribution in [-0.4, -0.2) is 59.1 Å². The lowest BCUT2D eigenvalue weighted by atomic mass is 9.96. The van der Waals surface area contributed by atoms with Crippen molar-refractivity contribution in [2.75, 3.05) is 48.1 Å². The predicted octanol–water partition coefficient (Wildman–Crippen LogP) is 1.04. The molecule has 0 aromatic heterocycles. The van der Waals surface area contributed by atoms with Gasteiger partial charge in [0.2, 0.25) is 5.75 Å². The molecule has 0 radical (unpaired) electrons. The van der Waals surface area contributed by atoms with Crippen LogP contribution in [0.2, 0.25) is 0 Å². The van der Waals surface area contributed by atoms with Gasteiger partial charge in [0.05, 0.1) is 40.1 Å². The second kappa shape index (κ2) is 6.98. The van der Waals surface area contributed by atoms with E-state index in [1.54, 1.807) is 21.3 Å². The topological polar surface area (TPSA) is 66.2 Å². The maximum Gasteiger partial charge on any atom is 0.203 e. The molecule has 6 heteroatoms. The highest BCUT2D eigenvalue weighted by molar-refractivity contribution is 5.57. The normalized spacial score (nSPS) is 22.9. The molecule has 2 unspecified atom stereocenters. The van der Waals surface area contributed by atoms with Crippen LogP contribution >= 0.6 is 0 Å². The monoisotopic (exact) mass is 296 g/mol. The molecule has 2 N–H and O–H groups in total. The molecule has 2 atom stereocenters. The van der Waals surface area contributed by atoms with Crippen LogP contribution < -0.4 is 19.9 Å². The van der Waals surface area contributed by atoms with E-state index in [-0.39, 0.29) is 12.1 Å². The van der Waals surface area contributed by atoms with Gasteiger partial charge in [-0.25, -0.2) is 0 Å². The molecule has 1 saturated heterocycles. The molecule has 0 amide bonds. The quantitative estimate of drug-likeness (QED) is 0.876. The van der Waals surface area contributed by atoms with Crippen LogP contribution in [0.25, 0.3) is 0 Å². The number of morpholine rings is 1. The van der Waals surface area contributed by atoms with Gasteiger partial charge in [-0.3, -0.25) is 4.90 Å². The van der Waals surface area contributed by atoms with E-state index in [0.717, 1.165) is 12.1 Å². The molecule has 1 aliphatic rings. The van der Waals surface area contributed by atoms with Gasteiger partial charge in [0.15, 0.2) is 11.5 Å². The number of rotatable bonds is 5. The zero-order chi connectivity index (χ0) is 15.4. The van der Waals surface area contributed by atoms with Crippen LogP contribution in [0.3, 0.4) is 0 Å². The van der Waals surface area contributed by atoms with Gasteiger partial charge in [0.1, 0.15) is 0 Å². The highest BCUT2D eigenvalue weighted by Crippen LogP contribution is 2.44. The molecule has 0 bridgehead atoms. The molecule has 1 fully saturated rings. The second-order valence-corrected chi connectivity index (χ2v) is 4.99. The minimum Gasteiger partial charge on any atom is -0.493 e. The molecule has 6 nitrogen and oxygen atoms in total. The molecule has 1 aliphatic heterocycles. The summed E-state index contributed by atoms with van der Waals surface area (Å²) in [6.07, 6.45) is -0.0734. The standard InChI is InChI=1S/C15H24N2O4/c1-17-7-8-21-12(9-16)13(17)10-5-6-11(18-2)15(20-4)14(10)19-3/h5-6,12-13H,7-9,16H2,1-4H3. The Morgan fingerprint density at radius 1 is 1.19 bits per heavy atom. The Hall–Kier alpha value is -1.50. The van der Waals surface area contributed by atoms with E-state index in [9.17, 15) is 0 Å². The van der Waals surface area contributed by atoms with E-state index >= 15 is 0 Å². The average Bonchev–Trinajstić information content (AvgIpc) is 2.52. The van der Waals surface area contributed by atoms with Gasteiger partial charge in [0, 0.05) is 18.7 Å². The summed E-state index contributed by atoms with van der Waals surface area (Å²) in [5, 5.41) is 0. The SMILES string of the molecule is COc1ccc(C2C(CN)OCCN2C)c(OC)c1OC. The molecular weight excluding hydrogens is 272 g/mol. The number of hydrogen-bond donors (Lipinski definition) is 1. The Morgan fingerprint density at radius 3 is 2.48 bits per heavy atom. The number of benzene rings is 1. The molecule has 1 aromatic carbocycles. The molecule has 1 aromatic rings. The van der Waals surface area contributed by atoms with Gasteiger partial charge in [-0.1, -0.05) is 0 Å². The van der Waals surface area contributed by atoms with Crippen molar-refractivity contribution >= 4 is 0 Å². The summed E-state index contributed by atoms with van der Waals surface area (Å²) in [4.78, 5) is 2.23. The first-order valence-electron chi connectivity index (χ1n) is 6.98. The van der Waals surface area contributed by atoms with E-state index in [4.69, 9.17) is 24.7 Å². The summed E-state index contributed by atoms with van der Waals surface area (Å²) in [5.74, 6) is 1.90. The summed E-state index contributed by atoms with van der Waals surface area (Å²) >= 11 is 0. The average molecular weight is 296 g/mol. The van der Waals surface area contributed by atoms with Crippen LogP contribution in [0.15, 0.2) is 12.1 Å². The van der Waals surface area contributed by atoms with Crippen molar-refractivity contribution in [1.29, 1.82) is 0 Å². The van der Waals surface area contributed by atoms with Crippen LogP contribution in [0, 0.1) is 0 Å². The third-order valence-electron chi connectivity index (χ3n) is 3.89. The zero-order valence-electron chi connectivity index (χ0n) is 13.1. The fourth-order valence-corrected chi connectivity index (χ4v) is 2.85. The van der Waals surface area contributed by atoms with Crippen molar-refractivity contribution in [2.45, 2.75) is 12.1 Å². The molecule has 0 spiro atoms. The fraction of sp³-hybridized carbons (Fsp3) is 0.600. The summed E-state index contributed by atoms with van der Waals surface area (Å²) in [7, 11) is 6.90. The third-order valence-corrected chi connectivity index (χ3v) is 3.89. The molecule has 1 heterocycles. The largest absolute Gasteiger partial charge is 0.493 e. The lowest BCUT2D eigenvalue weighted by Gasteiger charge is -2.39.